The zero-order chi connectivity index (χ0) is 30.0. The van der Waals surface area contributed by atoms with E-state index in [4.69, 9.17) is 16.3 Å². The predicted octanol–water partition coefficient (Wildman–Crippen LogP) is 6.11. The van der Waals surface area contributed by atoms with E-state index in [2.05, 4.69) is 5.32 Å². The Labute approximate surface area is 253 Å². The van der Waals surface area contributed by atoms with E-state index in [-0.39, 0.29) is 34.6 Å². The van der Waals surface area contributed by atoms with Gasteiger partial charge in [-0.3, -0.25) is 19.3 Å². The van der Waals surface area contributed by atoms with Crippen LogP contribution in [0.1, 0.15) is 54.4 Å². The fourth-order valence-corrected chi connectivity index (χ4v) is 7.30. The van der Waals surface area contributed by atoms with E-state index in [1.54, 1.807) is 6.20 Å². The van der Waals surface area contributed by atoms with Crippen molar-refractivity contribution in [2.75, 3.05) is 24.7 Å². The standard InChI is InChI=1S/C31H35ClFN3O5S/c1-35-18-23(22-7-3-4-8-27(22)35)29(38)34-26-17-25(33)20(15-24(26)32)16-28(37)31(42-2,36-13-5-6-14-36)41-21-11-9-19(10-12-21)30(39)40/h3-4,7-8,15,17-19,21H,5-6,9-14,16H2,1-2H3,(H,34,38)(H,39,40). The van der Waals surface area contributed by atoms with Gasteiger partial charge in [-0.1, -0.05) is 29.8 Å². The number of ketones is 1. The van der Waals surface area contributed by atoms with Gasteiger partial charge in [-0.25, -0.2) is 4.39 Å². The summed E-state index contributed by atoms with van der Waals surface area (Å²) in [6.07, 6.45) is 6.95. The molecule has 1 saturated heterocycles. The van der Waals surface area contributed by atoms with Gasteiger partial charge in [0, 0.05) is 43.7 Å². The maximum atomic E-state index is 15.5. The molecule has 1 aromatic heterocycles. The number of carboxylic acid groups (broad SMARTS) is 1. The summed E-state index contributed by atoms with van der Waals surface area (Å²) >= 11 is 7.81. The maximum absolute atomic E-state index is 15.5. The molecule has 2 N–H and O–H groups in total. The molecular weight excluding hydrogens is 581 g/mol. The molecule has 2 aromatic carbocycles. The van der Waals surface area contributed by atoms with Crippen LogP contribution in [0, 0.1) is 11.7 Å². The quantitative estimate of drug-likeness (QED) is 0.266. The second-order valence-corrected chi connectivity index (χ2v) is 12.4. The van der Waals surface area contributed by atoms with E-state index in [1.807, 2.05) is 47.0 Å². The van der Waals surface area contributed by atoms with Crippen LogP contribution in [0.2, 0.25) is 5.02 Å². The summed E-state index contributed by atoms with van der Waals surface area (Å²) in [6.45, 7) is 1.36. The number of amides is 1. The molecule has 1 saturated carbocycles. The van der Waals surface area contributed by atoms with E-state index in [9.17, 15) is 19.5 Å². The lowest BCUT2D eigenvalue weighted by Gasteiger charge is -2.42. The Morgan fingerprint density at radius 3 is 2.50 bits per heavy atom. The van der Waals surface area contributed by atoms with Gasteiger partial charge in [0.2, 0.25) is 5.06 Å². The summed E-state index contributed by atoms with van der Waals surface area (Å²) in [5, 5.41) is 11.7. The molecule has 5 rings (SSSR count). The topological polar surface area (TPSA) is 101 Å². The minimum absolute atomic E-state index is 0.115. The highest BCUT2D eigenvalue weighted by Gasteiger charge is 2.48. The lowest BCUT2D eigenvalue weighted by molar-refractivity contribution is -0.165. The SMILES string of the molecule is CSC(OC1CCC(C(=O)O)CC1)(C(=O)Cc1cc(Cl)c(NC(=O)c2cn(C)c3ccccc23)cc1F)N1CCCC1. The molecule has 1 aliphatic carbocycles. The number of halogens is 2. The van der Waals surface area contributed by atoms with Gasteiger partial charge in [0.15, 0.2) is 5.78 Å². The number of aryl methyl sites for hydroxylation is 1. The van der Waals surface area contributed by atoms with Gasteiger partial charge in [0.05, 0.1) is 28.3 Å². The van der Waals surface area contributed by atoms with Crippen molar-refractivity contribution in [3.8, 4) is 0 Å². The van der Waals surface area contributed by atoms with Crippen LogP contribution in [0.5, 0.6) is 0 Å². The van der Waals surface area contributed by atoms with Crippen molar-refractivity contribution < 1.29 is 28.6 Å². The first kappa shape index (κ1) is 30.5. The van der Waals surface area contributed by atoms with Crippen molar-refractivity contribution in [3.05, 3.63) is 64.6 Å². The molecule has 1 atom stereocenters. The third-order valence-electron chi connectivity index (χ3n) is 8.38. The molecule has 0 bridgehead atoms. The Balaban J connectivity index is 1.34. The second-order valence-electron chi connectivity index (χ2n) is 11.1. The summed E-state index contributed by atoms with van der Waals surface area (Å²) < 4.78 is 23.8. The van der Waals surface area contributed by atoms with Gasteiger partial charge >= 0.3 is 5.97 Å². The first-order valence-corrected chi connectivity index (χ1v) is 15.8. The molecule has 0 spiro atoms. The van der Waals surface area contributed by atoms with Crippen LogP contribution in [0.3, 0.4) is 0 Å². The Morgan fingerprint density at radius 2 is 1.83 bits per heavy atom. The number of aromatic nitrogens is 1. The zero-order valence-corrected chi connectivity index (χ0v) is 25.3. The number of carboxylic acids is 1. The van der Waals surface area contributed by atoms with Gasteiger partial charge in [-0.05, 0) is 68.5 Å². The highest BCUT2D eigenvalue weighted by molar-refractivity contribution is 8.00. The summed E-state index contributed by atoms with van der Waals surface area (Å²) in [6, 6.07) is 10.0. The molecule has 1 amide bonds. The number of nitrogens with zero attached hydrogens (tertiary/aromatic N) is 2. The summed E-state index contributed by atoms with van der Waals surface area (Å²) in [7, 11) is 1.85. The number of rotatable bonds is 10. The average Bonchev–Trinajstić information content (AvgIpc) is 3.64. The molecule has 42 heavy (non-hydrogen) atoms. The van der Waals surface area contributed by atoms with Crippen molar-refractivity contribution in [1.82, 2.24) is 9.47 Å². The number of hydrogen-bond acceptors (Lipinski definition) is 6. The number of ether oxygens (including phenoxy) is 1. The van der Waals surface area contributed by atoms with Crippen LogP contribution >= 0.6 is 23.4 Å². The number of para-hydroxylation sites is 1. The number of carbonyl (C=O) groups excluding carboxylic acids is 2. The van der Waals surface area contributed by atoms with Gasteiger partial charge in [0.25, 0.3) is 5.91 Å². The smallest absolute Gasteiger partial charge is 0.306 e. The number of fused-ring (bicyclic) bond motifs is 1. The molecule has 1 unspecified atom stereocenters. The van der Waals surface area contributed by atoms with Crippen LogP contribution in [-0.4, -0.2) is 62.7 Å². The number of nitrogens with one attached hydrogen (secondary N) is 1. The Kier molecular flexibility index (Phi) is 9.27. The molecular formula is C31H35ClFN3O5S. The van der Waals surface area contributed by atoms with E-state index >= 15 is 4.39 Å². The van der Waals surface area contributed by atoms with Gasteiger partial charge in [0.1, 0.15) is 5.82 Å². The number of Topliss-reactive ketones (excluding diaryl/α,β-unsaturated/α-hetero) is 1. The summed E-state index contributed by atoms with van der Waals surface area (Å²) in [4.78, 5) is 40.5. The number of thioether (sulfide) groups is 1. The number of carbonyl (C=O) groups is 3. The lowest BCUT2D eigenvalue weighted by Crippen LogP contribution is -2.55. The van der Waals surface area contributed by atoms with Crippen molar-refractivity contribution in [1.29, 1.82) is 0 Å². The number of hydrogen-bond donors (Lipinski definition) is 2. The first-order valence-electron chi connectivity index (χ1n) is 14.2. The number of benzene rings is 2. The normalized spacial score (nSPS) is 20.9. The molecule has 8 nitrogen and oxygen atoms in total. The molecule has 1 aliphatic heterocycles. The molecule has 2 fully saturated rings. The first-order chi connectivity index (χ1) is 20.1. The Hall–Kier alpha value is -2.92. The number of anilines is 1. The third kappa shape index (κ3) is 6.08. The number of aliphatic carboxylic acids is 1. The van der Waals surface area contributed by atoms with Crippen LogP contribution < -0.4 is 5.32 Å². The molecule has 11 heteroatoms. The summed E-state index contributed by atoms with van der Waals surface area (Å²) in [5.74, 6) is -2.56. The van der Waals surface area contributed by atoms with Gasteiger partial charge in [-0.15, -0.1) is 11.8 Å². The van der Waals surface area contributed by atoms with E-state index in [0.717, 1.165) is 29.8 Å². The minimum Gasteiger partial charge on any atom is -0.481 e. The largest absolute Gasteiger partial charge is 0.481 e. The third-order valence-corrected chi connectivity index (χ3v) is 9.83. The predicted molar refractivity (Wildman–Crippen MR) is 163 cm³/mol. The molecule has 2 heterocycles. The van der Waals surface area contributed by atoms with Crippen LogP contribution in [0.25, 0.3) is 10.9 Å². The fraction of sp³-hybridized carbons (Fsp3) is 0.452. The Morgan fingerprint density at radius 1 is 1.14 bits per heavy atom. The molecule has 3 aromatic rings. The monoisotopic (exact) mass is 615 g/mol. The highest BCUT2D eigenvalue weighted by atomic mass is 35.5. The molecule has 0 radical (unpaired) electrons. The average molecular weight is 616 g/mol. The summed E-state index contributed by atoms with van der Waals surface area (Å²) in [5.41, 5.74) is 1.56. The van der Waals surface area contributed by atoms with Crippen LogP contribution in [0.4, 0.5) is 10.1 Å². The van der Waals surface area contributed by atoms with Gasteiger partial charge in [-0.2, -0.15) is 0 Å². The van der Waals surface area contributed by atoms with E-state index in [0.29, 0.717) is 44.3 Å². The zero-order valence-electron chi connectivity index (χ0n) is 23.7. The van der Waals surface area contributed by atoms with E-state index in [1.165, 1.54) is 17.8 Å². The Bertz CT molecular complexity index is 1500. The van der Waals surface area contributed by atoms with Crippen molar-refractivity contribution in [2.24, 2.45) is 13.0 Å². The van der Waals surface area contributed by atoms with E-state index < -0.39 is 28.7 Å². The molecule has 2 aliphatic rings. The molecule has 224 valence electrons. The second kappa shape index (κ2) is 12.8. The maximum Gasteiger partial charge on any atom is 0.306 e. The highest BCUT2D eigenvalue weighted by Crippen LogP contribution is 2.39. The minimum atomic E-state index is -1.31. The number of likely N-dealkylation sites (tertiary alicyclic amines) is 1. The van der Waals surface area contributed by atoms with Gasteiger partial charge < -0.3 is 19.7 Å². The van der Waals surface area contributed by atoms with Crippen LogP contribution in [-0.2, 0) is 27.8 Å². The van der Waals surface area contributed by atoms with Crippen molar-refractivity contribution >= 4 is 57.6 Å². The fourth-order valence-electron chi connectivity index (χ4n) is 6.09. The van der Waals surface area contributed by atoms with Crippen LogP contribution in [0.15, 0.2) is 42.6 Å². The van der Waals surface area contributed by atoms with Crippen molar-refractivity contribution in [3.63, 3.8) is 0 Å². The van der Waals surface area contributed by atoms with Crippen molar-refractivity contribution in [2.45, 2.75) is 56.1 Å². The lowest BCUT2D eigenvalue weighted by atomic mass is 9.87.